The second-order valence-corrected chi connectivity index (χ2v) is 4.37. The molecule has 0 aliphatic carbocycles. The van der Waals surface area contributed by atoms with Crippen molar-refractivity contribution in [2.75, 3.05) is 12.4 Å². The van der Waals surface area contributed by atoms with Crippen LogP contribution in [0.5, 0.6) is 5.75 Å². The lowest BCUT2D eigenvalue weighted by atomic mass is 10.2. The lowest BCUT2D eigenvalue weighted by Gasteiger charge is -2.08. The molecule has 0 aliphatic rings. The van der Waals surface area contributed by atoms with Crippen molar-refractivity contribution in [3.63, 3.8) is 0 Å². The molecule has 0 aliphatic heterocycles. The fourth-order valence-electron chi connectivity index (χ4n) is 1.41. The van der Waals surface area contributed by atoms with Crippen molar-refractivity contribution in [2.24, 2.45) is 0 Å². The van der Waals surface area contributed by atoms with Gasteiger partial charge >= 0.3 is 0 Å². The van der Waals surface area contributed by atoms with Crippen LogP contribution < -0.4 is 10.1 Å². The summed E-state index contributed by atoms with van der Waals surface area (Å²) in [6.45, 7) is 0. The molecule has 1 aromatic heterocycles. The number of rotatable bonds is 3. The maximum Gasteiger partial charge on any atom is 0.274 e. The normalized spacial score (nSPS) is 9.89. The summed E-state index contributed by atoms with van der Waals surface area (Å²) in [7, 11) is 1.58. The Kier molecular flexibility index (Phi) is 3.94. The molecule has 1 amide bonds. The van der Waals surface area contributed by atoms with Crippen LogP contribution >= 0.6 is 15.9 Å². The van der Waals surface area contributed by atoms with Crippen LogP contribution in [0.4, 0.5) is 5.69 Å². The summed E-state index contributed by atoms with van der Waals surface area (Å²) in [5, 5.41) is 2.77. The largest absolute Gasteiger partial charge is 0.497 e. The average Bonchev–Trinajstić information content (AvgIpc) is 2.42. The third-order valence-electron chi connectivity index (χ3n) is 2.32. The predicted octanol–water partition coefficient (Wildman–Crippen LogP) is 3.11. The van der Waals surface area contributed by atoms with Crippen molar-refractivity contribution >= 4 is 27.5 Å². The van der Waals surface area contributed by atoms with Crippen LogP contribution in [0, 0.1) is 0 Å². The smallest absolute Gasteiger partial charge is 0.274 e. The van der Waals surface area contributed by atoms with Gasteiger partial charge in [0.2, 0.25) is 0 Å². The number of carbonyl (C=O) groups excluding carboxylic acids is 1. The molecule has 0 saturated carbocycles. The molecule has 1 N–H and O–H groups in total. The summed E-state index contributed by atoms with van der Waals surface area (Å²) >= 11 is 3.37. The van der Waals surface area contributed by atoms with E-state index in [9.17, 15) is 4.79 Å². The Labute approximate surface area is 113 Å². The summed E-state index contributed by atoms with van der Waals surface area (Å²) in [4.78, 5) is 15.9. The van der Waals surface area contributed by atoms with Gasteiger partial charge in [0.15, 0.2) is 0 Å². The van der Waals surface area contributed by atoms with Crippen LogP contribution in [-0.4, -0.2) is 18.0 Å². The Morgan fingerprint density at radius 3 is 2.83 bits per heavy atom. The van der Waals surface area contributed by atoms with Gasteiger partial charge in [-0.1, -0.05) is 6.07 Å². The van der Waals surface area contributed by atoms with Gasteiger partial charge in [0.05, 0.1) is 12.8 Å². The van der Waals surface area contributed by atoms with Crippen molar-refractivity contribution in [1.82, 2.24) is 4.98 Å². The zero-order valence-corrected chi connectivity index (χ0v) is 11.3. The summed E-state index contributed by atoms with van der Waals surface area (Å²) < 4.78 is 5.89. The van der Waals surface area contributed by atoms with Crippen molar-refractivity contribution in [3.05, 3.63) is 52.8 Å². The number of ether oxygens (including phenoxy) is 1. The molecular formula is C13H11BrN2O2. The van der Waals surface area contributed by atoms with Gasteiger partial charge in [-0.2, -0.15) is 0 Å². The minimum Gasteiger partial charge on any atom is -0.497 e. The van der Waals surface area contributed by atoms with E-state index in [0.717, 1.165) is 4.47 Å². The average molecular weight is 307 g/mol. The Hall–Kier alpha value is -1.88. The minimum atomic E-state index is -0.260. The van der Waals surface area contributed by atoms with Crippen LogP contribution in [-0.2, 0) is 0 Å². The molecule has 1 aromatic carbocycles. The molecule has 5 heteroatoms. The number of hydrogen-bond acceptors (Lipinski definition) is 3. The zero-order valence-electron chi connectivity index (χ0n) is 9.68. The van der Waals surface area contributed by atoms with E-state index in [2.05, 4.69) is 26.2 Å². The molecule has 1 heterocycles. The third kappa shape index (κ3) is 2.87. The topological polar surface area (TPSA) is 51.2 Å². The van der Waals surface area contributed by atoms with Gasteiger partial charge in [-0.05, 0) is 40.2 Å². The molecule has 0 unspecified atom stereocenters. The first-order chi connectivity index (χ1) is 8.70. The monoisotopic (exact) mass is 306 g/mol. The number of nitrogens with one attached hydrogen (secondary N) is 1. The molecule has 0 fully saturated rings. The number of halogens is 1. The Morgan fingerprint density at radius 1 is 1.33 bits per heavy atom. The molecule has 2 aromatic rings. The lowest BCUT2D eigenvalue weighted by molar-refractivity contribution is 0.102. The highest BCUT2D eigenvalue weighted by molar-refractivity contribution is 9.10. The van der Waals surface area contributed by atoms with Gasteiger partial charge in [-0.15, -0.1) is 0 Å². The number of pyridine rings is 1. The van der Waals surface area contributed by atoms with Crippen molar-refractivity contribution in [2.45, 2.75) is 0 Å². The third-order valence-corrected chi connectivity index (χ3v) is 3.01. The number of benzene rings is 1. The Balaban J connectivity index is 2.21. The molecule has 0 atom stereocenters. The van der Waals surface area contributed by atoms with Gasteiger partial charge in [-0.3, -0.25) is 9.78 Å². The standard InChI is InChI=1S/C13H11BrN2O2/c1-18-9-5-6-10(14)12(8-9)16-13(17)11-4-2-3-7-15-11/h2-8H,1H3,(H,16,17). The summed E-state index contributed by atoms with van der Waals surface area (Å²) in [5.74, 6) is 0.416. The van der Waals surface area contributed by atoms with E-state index >= 15 is 0 Å². The molecule has 18 heavy (non-hydrogen) atoms. The van der Waals surface area contributed by atoms with Crippen molar-refractivity contribution in [1.29, 1.82) is 0 Å². The maximum absolute atomic E-state index is 11.9. The van der Waals surface area contributed by atoms with E-state index in [1.165, 1.54) is 0 Å². The van der Waals surface area contributed by atoms with Crippen LogP contribution in [0.3, 0.4) is 0 Å². The molecule has 0 spiro atoms. The fourth-order valence-corrected chi connectivity index (χ4v) is 1.76. The maximum atomic E-state index is 11.9. The number of hydrogen-bond donors (Lipinski definition) is 1. The molecule has 4 nitrogen and oxygen atoms in total. The van der Waals surface area contributed by atoms with Crippen molar-refractivity contribution < 1.29 is 9.53 Å². The number of nitrogens with zero attached hydrogens (tertiary/aromatic N) is 1. The first-order valence-corrected chi connectivity index (χ1v) is 6.06. The van der Waals surface area contributed by atoms with Gasteiger partial charge < -0.3 is 10.1 Å². The zero-order chi connectivity index (χ0) is 13.0. The molecule has 0 bridgehead atoms. The quantitative estimate of drug-likeness (QED) is 0.948. The van der Waals surface area contributed by atoms with Crippen LogP contribution in [0.1, 0.15) is 10.5 Å². The first kappa shape index (κ1) is 12.6. The van der Waals surface area contributed by atoms with Crippen LogP contribution in [0.2, 0.25) is 0 Å². The highest BCUT2D eigenvalue weighted by atomic mass is 79.9. The Bertz CT molecular complexity index is 558. The highest BCUT2D eigenvalue weighted by Gasteiger charge is 2.09. The van der Waals surface area contributed by atoms with Crippen molar-refractivity contribution in [3.8, 4) is 5.75 Å². The highest BCUT2D eigenvalue weighted by Crippen LogP contribution is 2.27. The number of aromatic nitrogens is 1. The lowest BCUT2D eigenvalue weighted by Crippen LogP contribution is -2.13. The van der Waals surface area contributed by atoms with E-state index in [4.69, 9.17) is 4.74 Å². The van der Waals surface area contributed by atoms with E-state index in [1.54, 1.807) is 43.6 Å². The first-order valence-electron chi connectivity index (χ1n) is 5.26. The van der Waals surface area contributed by atoms with Crippen LogP contribution in [0.25, 0.3) is 0 Å². The predicted molar refractivity (Wildman–Crippen MR) is 72.9 cm³/mol. The van der Waals surface area contributed by atoms with Gasteiger partial charge in [0, 0.05) is 16.7 Å². The summed E-state index contributed by atoms with van der Waals surface area (Å²) in [5.41, 5.74) is 1.01. The number of anilines is 1. The Morgan fingerprint density at radius 2 is 2.17 bits per heavy atom. The molecule has 0 saturated heterocycles. The SMILES string of the molecule is COc1ccc(Br)c(NC(=O)c2ccccn2)c1. The fraction of sp³-hybridized carbons (Fsp3) is 0.0769. The second-order valence-electron chi connectivity index (χ2n) is 3.51. The number of carbonyl (C=O) groups is 1. The van der Waals surface area contributed by atoms with E-state index < -0.39 is 0 Å². The molecular weight excluding hydrogens is 296 g/mol. The van der Waals surface area contributed by atoms with Crippen LogP contribution in [0.15, 0.2) is 47.1 Å². The number of methoxy groups -OCH3 is 1. The van der Waals surface area contributed by atoms with E-state index in [0.29, 0.717) is 17.1 Å². The van der Waals surface area contributed by atoms with Gasteiger partial charge in [0.25, 0.3) is 5.91 Å². The van der Waals surface area contributed by atoms with E-state index in [-0.39, 0.29) is 5.91 Å². The molecule has 2 rings (SSSR count). The molecule has 0 radical (unpaired) electrons. The van der Waals surface area contributed by atoms with Gasteiger partial charge in [-0.25, -0.2) is 0 Å². The minimum absolute atomic E-state index is 0.260. The van der Waals surface area contributed by atoms with E-state index in [1.807, 2.05) is 6.07 Å². The summed E-state index contributed by atoms with van der Waals surface area (Å²) in [6, 6.07) is 10.5. The second kappa shape index (κ2) is 5.64. The molecule has 92 valence electrons. The number of amides is 1. The summed E-state index contributed by atoms with van der Waals surface area (Å²) in [6.07, 6.45) is 1.58. The van der Waals surface area contributed by atoms with Gasteiger partial charge in [0.1, 0.15) is 11.4 Å².